The predicted molar refractivity (Wildman–Crippen MR) is 81.0 cm³/mol. The van der Waals surface area contributed by atoms with E-state index in [1.165, 1.54) is 22.9 Å². The van der Waals surface area contributed by atoms with Crippen molar-refractivity contribution in [3.63, 3.8) is 0 Å². The second-order valence-corrected chi connectivity index (χ2v) is 7.15. The zero-order valence-electron chi connectivity index (χ0n) is 12.2. The number of fused-ring (bicyclic) bond motifs is 1. The summed E-state index contributed by atoms with van der Waals surface area (Å²) in [5.74, 6) is 0. The summed E-state index contributed by atoms with van der Waals surface area (Å²) >= 11 is 0. The molecule has 0 aliphatic carbocycles. The van der Waals surface area contributed by atoms with Crippen molar-refractivity contribution in [1.29, 1.82) is 0 Å². The van der Waals surface area contributed by atoms with Crippen LogP contribution in [-0.4, -0.2) is 29.7 Å². The zero-order valence-corrected chi connectivity index (χ0v) is 13.1. The third-order valence-corrected chi connectivity index (χ3v) is 4.46. The van der Waals surface area contributed by atoms with E-state index in [1.54, 1.807) is 0 Å². The van der Waals surface area contributed by atoms with Crippen LogP contribution in [0.5, 0.6) is 0 Å². The smallest absolute Gasteiger partial charge is 0.267 e. The maximum Gasteiger partial charge on any atom is 0.277 e. The van der Waals surface area contributed by atoms with Crippen molar-refractivity contribution in [1.82, 2.24) is 15.0 Å². The van der Waals surface area contributed by atoms with Crippen LogP contribution in [-0.2, 0) is 16.4 Å². The fraction of sp³-hybridized carbons (Fsp3) is 0.500. The molecule has 0 saturated carbocycles. The second kappa shape index (κ2) is 6.34. The quantitative estimate of drug-likeness (QED) is 0.760. The first kappa shape index (κ1) is 15.6. The Balaban J connectivity index is 2.38. The van der Waals surface area contributed by atoms with Crippen LogP contribution in [0.15, 0.2) is 27.9 Å². The minimum atomic E-state index is -3.34. The molecule has 0 aliphatic rings. The van der Waals surface area contributed by atoms with E-state index in [2.05, 4.69) is 17.2 Å². The number of rotatable bonds is 6. The molecule has 0 aliphatic heterocycles. The van der Waals surface area contributed by atoms with Crippen LogP contribution < -0.4 is 5.56 Å². The normalized spacial score (nSPS) is 11.9. The van der Waals surface area contributed by atoms with Gasteiger partial charge in [0.15, 0.2) is 9.84 Å². The number of sulfone groups is 1. The maximum absolute atomic E-state index is 12.3. The molecule has 0 saturated heterocycles. The first-order valence-corrected chi connectivity index (χ1v) is 8.90. The van der Waals surface area contributed by atoms with Crippen molar-refractivity contribution in [2.45, 2.75) is 44.0 Å². The highest BCUT2D eigenvalue weighted by Crippen LogP contribution is 2.14. The van der Waals surface area contributed by atoms with E-state index in [-0.39, 0.29) is 10.5 Å². The van der Waals surface area contributed by atoms with E-state index in [4.69, 9.17) is 0 Å². The van der Waals surface area contributed by atoms with E-state index in [0.717, 1.165) is 31.9 Å². The van der Waals surface area contributed by atoms with Crippen molar-refractivity contribution in [3.8, 4) is 0 Å². The topological polar surface area (TPSA) is 81.9 Å². The molecule has 0 fully saturated rings. The molecule has 6 nitrogen and oxygen atoms in total. The fourth-order valence-corrected chi connectivity index (χ4v) is 2.77. The molecule has 7 heteroatoms. The van der Waals surface area contributed by atoms with E-state index < -0.39 is 9.84 Å². The molecule has 0 N–H and O–H groups in total. The number of hydrogen-bond donors (Lipinski definition) is 0. The van der Waals surface area contributed by atoms with Gasteiger partial charge < -0.3 is 0 Å². The first-order valence-electron chi connectivity index (χ1n) is 7.01. The van der Waals surface area contributed by atoms with Gasteiger partial charge in [-0.3, -0.25) is 4.79 Å². The van der Waals surface area contributed by atoms with Gasteiger partial charge in [-0.1, -0.05) is 31.4 Å². The van der Waals surface area contributed by atoms with Crippen LogP contribution in [0.3, 0.4) is 0 Å². The van der Waals surface area contributed by atoms with Crippen LogP contribution in [0.1, 0.15) is 32.6 Å². The van der Waals surface area contributed by atoms with Crippen molar-refractivity contribution in [3.05, 3.63) is 28.6 Å². The molecule has 21 heavy (non-hydrogen) atoms. The van der Waals surface area contributed by atoms with Gasteiger partial charge in [-0.15, -0.1) is 5.10 Å². The Morgan fingerprint density at radius 1 is 1.19 bits per heavy atom. The van der Waals surface area contributed by atoms with Gasteiger partial charge in [0, 0.05) is 12.8 Å². The number of aromatic nitrogens is 3. The van der Waals surface area contributed by atoms with Crippen molar-refractivity contribution < 1.29 is 8.42 Å². The predicted octanol–water partition coefficient (Wildman–Crippen LogP) is 1.78. The average Bonchev–Trinajstić information content (AvgIpc) is 2.44. The Hall–Kier alpha value is -1.76. The third kappa shape index (κ3) is 3.66. The maximum atomic E-state index is 12.3. The molecular formula is C14H19N3O3S. The van der Waals surface area contributed by atoms with Gasteiger partial charge in [-0.25, -0.2) is 13.1 Å². The summed E-state index contributed by atoms with van der Waals surface area (Å²) in [6.45, 7) is 2.62. The van der Waals surface area contributed by atoms with E-state index in [9.17, 15) is 13.2 Å². The molecule has 0 amide bonds. The van der Waals surface area contributed by atoms with Crippen LogP contribution in [0.2, 0.25) is 0 Å². The van der Waals surface area contributed by atoms with Crippen LogP contribution in [0.4, 0.5) is 0 Å². The number of benzene rings is 1. The Labute approximate surface area is 123 Å². The van der Waals surface area contributed by atoms with Gasteiger partial charge >= 0.3 is 0 Å². The Morgan fingerprint density at radius 3 is 2.62 bits per heavy atom. The standard InChI is InChI=1S/C14H19N3O3S/c1-3-4-5-6-9-17-14(18)12-10-11(21(2,19)20)7-8-13(12)15-16-17/h7-8,10H,3-6,9H2,1-2H3. The van der Waals surface area contributed by atoms with Gasteiger partial charge in [0.25, 0.3) is 5.56 Å². The van der Waals surface area contributed by atoms with E-state index >= 15 is 0 Å². The van der Waals surface area contributed by atoms with Gasteiger partial charge in [0.2, 0.25) is 0 Å². The molecule has 0 atom stereocenters. The third-order valence-electron chi connectivity index (χ3n) is 3.34. The van der Waals surface area contributed by atoms with Crippen LogP contribution >= 0.6 is 0 Å². The summed E-state index contributed by atoms with van der Waals surface area (Å²) in [4.78, 5) is 12.5. The van der Waals surface area contributed by atoms with Crippen molar-refractivity contribution in [2.75, 3.05) is 6.26 Å². The molecule has 0 radical (unpaired) electrons. The minimum Gasteiger partial charge on any atom is -0.267 e. The second-order valence-electron chi connectivity index (χ2n) is 5.13. The molecule has 0 spiro atoms. The number of hydrogen-bond acceptors (Lipinski definition) is 5. The Kier molecular flexibility index (Phi) is 4.72. The molecule has 0 bridgehead atoms. The lowest BCUT2D eigenvalue weighted by Gasteiger charge is -2.05. The van der Waals surface area contributed by atoms with Crippen molar-refractivity contribution in [2.24, 2.45) is 0 Å². The lowest BCUT2D eigenvalue weighted by molar-refractivity contribution is 0.501. The van der Waals surface area contributed by atoms with Crippen molar-refractivity contribution >= 4 is 20.7 Å². The highest BCUT2D eigenvalue weighted by Gasteiger charge is 2.11. The summed E-state index contributed by atoms with van der Waals surface area (Å²) in [6.07, 6.45) is 5.25. The van der Waals surface area contributed by atoms with Gasteiger partial charge in [-0.2, -0.15) is 0 Å². The molecule has 2 rings (SSSR count). The Morgan fingerprint density at radius 2 is 1.95 bits per heavy atom. The summed E-state index contributed by atoms with van der Waals surface area (Å²) in [7, 11) is -3.34. The molecule has 0 unspecified atom stereocenters. The SMILES string of the molecule is CCCCCCn1nnc2ccc(S(C)(=O)=O)cc2c1=O. The monoisotopic (exact) mass is 309 g/mol. The number of aryl methyl sites for hydroxylation is 1. The number of unbranched alkanes of at least 4 members (excludes halogenated alkanes) is 3. The lowest BCUT2D eigenvalue weighted by Crippen LogP contribution is -2.24. The van der Waals surface area contributed by atoms with E-state index in [1.807, 2.05) is 0 Å². The van der Waals surface area contributed by atoms with Crippen LogP contribution in [0, 0.1) is 0 Å². The molecule has 1 aromatic carbocycles. The number of nitrogens with zero attached hydrogens (tertiary/aromatic N) is 3. The fourth-order valence-electron chi connectivity index (χ4n) is 2.12. The Bertz CT molecular complexity index is 797. The van der Waals surface area contributed by atoms with Crippen LogP contribution in [0.25, 0.3) is 10.9 Å². The lowest BCUT2D eigenvalue weighted by atomic mass is 10.2. The molecule has 1 heterocycles. The van der Waals surface area contributed by atoms with Gasteiger partial charge in [0.05, 0.1) is 10.3 Å². The average molecular weight is 309 g/mol. The van der Waals surface area contributed by atoms with Gasteiger partial charge in [-0.05, 0) is 24.6 Å². The zero-order chi connectivity index (χ0) is 15.5. The largest absolute Gasteiger partial charge is 0.277 e. The summed E-state index contributed by atoms with van der Waals surface area (Å²) < 4.78 is 24.5. The molecule has 1 aromatic heterocycles. The summed E-state index contributed by atoms with van der Waals surface area (Å²) in [5, 5.41) is 8.18. The highest BCUT2D eigenvalue weighted by atomic mass is 32.2. The summed E-state index contributed by atoms with van der Waals surface area (Å²) in [6, 6.07) is 4.34. The molecule has 2 aromatic rings. The molecular weight excluding hydrogens is 290 g/mol. The molecule has 114 valence electrons. The van der Waals surface area contributed by atoms with Gasteiger partial charge in [0.1, 0.15) is 5.52 Å². The minimum absolute atomic E-state index is 0.123. The van der Waals surface area contributed by atoms with E-state index in [0.29, 0.717) is 17.4 Å². The highest BCUT2D eigenvalue weighted by molar-refractivity contribution is 7.90. The first-order chi connectivity index (χ1) is 9.93. The summed E-state index contributed by atoms with van der Waals surface area (Å²) in [5.41, 5.74) is 0.124.